The van der Waals surface area contributed by atoms with E-state index < -0.39 is 0 Å². The summed E-state index contributed by atoms with van der Waals surface area (Å²) in [5.41, 5.74) is 7.73. The Kier molecular flexibility index (Phi) is 8.13. The number of amidine groups is 1. The van der Waals surface area contributed by atoms with Crippen LogP contribution in [0, 0.1) is 17.8 Å². The van der Waals surface area contributed by atoms with E-state index in [4.69, 9.17) is 38.9 Å². The third-order valence-corrected chi connectivity index (χ3v) is 9.00. The van der Waals surface area contributed by atoms with E-state index in [-0.39, 0.29) is 18.0 Å². The van der Waals surface area contributed by atoms with E-state index >= 15 is 0 Å². The summed E-state index contributed by atoms with van der Waals surface area (Å²) in [5.74, 6) is 3.01. The van der Waals surface area contributed by atoms with Crippen molar-refractivity contribution in [3.63, 3.8) is 0 Å². The number of benzene rings is 1. The van der Waals surface area contributed by atoms with Crippen molar-refractivity contribution in [1.82, 2.24) is 19.8 Å². The molecule has 0 spiro atoms. The number of nitrogens with one attached hydrogen (secondary N) is 1. The van der Waals surface area contributed by atoms with Crippen LogP contribution in [0.5, 0.6) is 0 Å². The van der Waals surface area contributed by atoms with Crippen LogP contribution in [-0.2, 0) is 11.3 Å². The second-order valence-corrected chi connectivity index (χ2v) is 12.0. The molecule has 4 atom stereocenters. The van der Waals surface area contributed by atoms with Crippen LogP contribution in [-0.4, -0.2) is 57.9 Å². The van der Waals surface area contributed by atoms with Crippen molar-refractivity contribution >= 4 is 34.9 Å². The van der Waals surface area contributed by atoms with Crippen LogP contribution in [0.3, 0.4) is 0 Å². The van der Waals surface area contributed by atoms with Crippen molar-refractivity contribution in [2.45, 2.75) is 71.0 Å². The Morgan fingerprint density at radius 1 is 1.14 bits per heavy atom. The molecule has 4 unspecified atom stereocenters. The summed E-state index contributed by atoms with van der Waals surface area (Å²) in [6.07, 6.45) is 7.71. The Balaban J connectivity index is 1.32. The van der Waals surface area contributed by atoms with Gasteiger partial charge in [-0.2, -0.15) is 0 Å². The molecular weight excluding hydrogens is 507 g/mol. The number of carbonyl (C=O) groups excluding carboxylic acids is 1. The Bertz CT molecular complexity index is 1160. The molecule has 37 heavy (non-hydrogen) atoms. The van der Waals surface area contributed by atoms with E-state index in [1.165, 1.54) is 0 Å². The molecule has 1 amide bonds. The van der Waals surface area contributed by atoms with Crippen LogP contribution in [0.4, 0.5) is 0 Å². The van der Waals surface area contributed by atoms with E-state index in [9.17, 15) is 4.79 Å². The molecule has 3 heterocycles. The number of rotatable bonds is 4. The van der Waals surface area contributed by atoms with Crippen molar-refractivity contribution in [3.8, 4) is 11.3 Å². The number of aromatic nitrogens is 2. The topological polar surface area (TPSA) is 88.5 Å². The SMILES string of the molecule is CC1Cn2c(-c3ccc(Cl)cc3Cl)cnc2C(=NC2CCC(C)C(C(=O)N3CCC(CN)CC3)CC2)N1. The molecule has 3 N–H and O–H groups in total. The molecule has 1 saturated carbocycles. The van der Waals surface area contributed by atoms with E-state index in [0.29, 0.717) is 27.8 Å². The number of imidazole rings is 1. The van der Waals surface area contributed by atoms with Gasteiger partial charge in [0.1, 0.15) is 0 Å². The molecule has 7 nitrogen and oxygen atoms in total. The maximum Gasteiger partial charge on any atom is 0.225 e. The van der Waals surface area contributed by atoms with Gasteiger partial charge in [0.15, 0.2) is 11.7 Å². The average Bonchev–Trinajstić information content (AvgIpc) is 3.21. The van der Waals surface area contributed by atoms with Crippen molar-refractivity contribution in [2.24, 2.45) is 28.5 Å². The Labute approximate surface area is 229 Å². The molecule has 2 aliphatic heterocycles. The maximum absolute atomic E-state index is 13.4. The number of hydrogen-bond acceptors (Lipinski definition) is 4. The maximum atomic E-state index is 13.4. The lowest BCUT2D eigenvalue weighted by Crippen LogP contribution is -2.44. The highest BCUT2D eigenvalue weighted by molar-refractivity contribution is 6.36. The highest BCUT2D eigenvalue weighted by Crippen LogP contribution is 2.34. The van der Waals surface area contributed by atoms with E-state index in [0.717, 1.165) is 87.6 Å². The van der Waals surface area contributed by atoms with E-state index in [2.05, 4.69) is 28.6 Å². The predicted molar refractivity (Wildman–Crippen MR) is 150 cm³/mol. The minimum Gasteiger partial charge on any atom is -0.363 e. The van der Waals surface area contributed by atoms with Crippen molar-refractivity contribution in [3.05, 3.63) is 40.3 Å². The third-order valence-electron chi connectivity index (χ3n) is 8.46. The number of fused-ring (bicyclic) bond motifs is 1. The molecule has 0 radical (unpaired) electrons. The van der Waals surface area contributed by atoms with Gasteiger partial charge in [0, 0.05) is 42.2 Å². The van der Waals surface area contributed by atoms with Crippen LogP contribution in [0.2, 0.25) is 10.0 Å². The standard InChI is InChI=1S/C28H38Cl2N6O/c1-17-3-5-21(6-8-22(17)28(37)35-11-9-19(14-31)10-12-35)34-26-27-32-15-25(36(27)16-18(2)33-26)23-7-4-20(29)13-24(23)30/h4,7,13,15,17-19,21-22H,3,5-6,8-12,14,16,31H2,1-2H3,(H,33,34). The Morgan fingerprint density at radius 2 is 1.89 bits per heavy atom. The molecule has 9 heteroatoms. The number of carbonyl (C=O) groups is 1. The molecule has 3 aliphatic rings. The second kappa shape index (κ2) is 11.3. The first-order valence-electron chi connectivity index (χ1n) is 13.7. The number of piperidine rings is 1. The summed E-state index contributed by atoms with van der Waals surface area (Å²) >= 11 is 12.6. The van der Waals surface area contributed by atoms with Gasteiger partial charge >= 0.3 is 0 Å². The molecule has 2 fully saturated rings. The largest absolute Gasteiger partial charge is 0.363 e. The average molecular weight is 546 g/mol. The quantitative estimate of drug-likeness (QED) is 0.530. The lowest BCUT2D eigenvalue weighted by molar-refractivity contribution is -0.138. The van der Waals surface area contributed by atoms with Gasteiger partial charge in [-0.15, -0.1) is 0 Å². The highest BCUT2D eigenvalue weighted by Gasteiger charge is 2.34. The molecule has 0 bridgehead atoms. The Hall–Kier alpha value is -2.09. The number of aliphatic imine (C=N–C) groups is 1. The summed E-state index contributed by atoms with van der Waals surface area (Å²) in [6, 6.07) is 5.95. The summed E-state index contributed by atoms with van der Waals surface area (Å²) in [6.45, 7) is 7.59. The number of nitrogens with two attached hydrogens (primary N) is 1. The normalized spacial score (nSPS) is 28.0. The fourth-order valence-corrected chi connectivity index (χ4v) is 6.64. The molecule has 1 aliphatic carbocycles. The number of nitrogens with zero attached hydrogens (tertiary/aromatic N) is 4. The van der Waals surface area contributed by atoms with Gasteiger partial charge in [0.2, 0.25) is 5.91 Å². The lowest BCUT2D eigenvalue weighted by atomic mass is 9.87. The zero-order valence-electron chi connectivity index (χ0n) is 21.8. The monoisotopic (exact) mass is 544 g/mol. The lowest BCUT2D eigenvalue weighted by Gasteiger charge is -2.35. The summed E-state index contributed by atoms with van der Waals surface area (Å²) < 4.78 is 2.20. The van der Waals surface area contributed by atoms with Gasteiger partial charge < -0.3 is 20.5 Å². The van der Waals surface area contributed by atoms with Gasteiger partial charge in [-0.25, -0.2) is 4.98 Å². The third kappa shape index (κ3) is 5.69. The van der Waals surface area contributed by atoms with E-state index in [1.807, 2.05) is 18.3 Å². The van der Waals surface area contributed by atoms with Gasteiger partial charge in [-0.1, -0.05) is 30.1 Å². The van der Waals surface area contributed by atoms with Gasteiger partial charge in [-0.05, 0) is 82.0 Å². The molecule has 1 saturated heterocycles. The van der Waals surface area contributed by atoms with Crippen LogP contribution in [0.1, 0.15) is 58.2 Å². The summed E-state index contributed by atoms with van der Waals surface area (Å²) in [4.78, 5) is 25.4. The van der Waals surface area contributed by atoms with Crippen LogP contribution < -0.4 is 11.1 Å². The fraction of sp³-hybridized carbons (Fsp3) is 0.607. The number of halogens is 2. The Morgan fingerprint density at radius 3 is 2.62 bits per heavy atom. The van der Waals surface area contributed by atoms with Crippen LogP contribution >= 0.6 is 23.2 Å². The molecular formula is C28H38Cl2N6O. The number of hydrogen-bond donors (Lipinski definition) is 2. The minimum absolute atomic E-state index is 0.0819. The van der Waals surface area contributed by atoms with Crippen molar-refractivity contribution in [1.29, 1.82) is 0 Å². The highest BCUT2D eigenvalue weighted by atomic mass is 35.5. The summed E-state index contributed by atoms with van der Waals surface area (Å²) in [5, 5.41) is 4.79. The first-order chi connectivity index (χ1) is 17.8. The minimum atomic E-state index is 0.0819. The molecule has 2 aromatic rings. The fourth-order valence-electron chi connectivity index (χ4n) is 6.13. The zero-order chi connectivity index (χ0) is 26.1. The second-order valence-electron chi connectivity index (χ2n) is 11.1. The first-order valence-corrected chi connectivity index (χ1v) is 14.4. The van der Waals surface area contributed by atoms with Crippen LogP contribution in [0.25, 0.3) is 11.3 Å². The molecule has 200 valence electrons. The summed E-state index contributed by atoms with van der Waals surface area (Å²) in [7, 11) is 0. The predicted octanol–water partition coefficient (Wildman–Crippen LogP) is 4.99. The molecule has 1 aromatic carbocycles. The van der Waals surface area contributed by atoms with E-state index in [1.54, 1.807) is 6.07 Å². The molecule has 5 rings (SSSR count). The number of likely N-dealkylation sites (tertiary alicyclic amines) is 1. The van der Waals surface area contributed by atoms with Crippen molar-refractivity contribution < 1.29 is 4.79 Å². The van der Waals surface area contributed by atoms with Gasteiger partial charge in [0.25, 0.3) is 0 Å². The van der Waals surface area contributed by atoms with Crippen LogP contribution in [0.15, 0.2) is 29.4 Å². The van der Waals surface area contributed by atoms with Gasteiger partial charge in [-0.3, -0.25) is 9.79 Å². The zero-order valence-corrected chi connectivity index (χ0v) is 23.3. The van der Waals surface area contributed by atoms with Gasteiger partial charge in [0.05, 0.1) is 23.0 Å². The first kappa shape index (κ1) is 26.5. The smallest absolute Gasteiger partial charge is 0.225 e. The number of amides is 1. The molecule has 1 aromatic heterocycles. The van der Waals surface area contributed by atoms with Crippen molar-refractivity contribution in [2.75, 3.05) is 19.6 Å².